The van der Waals surface area contributed by atoms with Crippen molar-refractivity contribution >= 4 is 0 Å². The first-order valence-electron chi connectivity index (χ1n) is 6.57. The monoisotopic (exact) mass is 232 g/mol. The van der Waals surface area contributed by atoms with Crippen molar-refractivity contribution in [3.05, 3.63) is 35.9 Å². The van der Waals surface area contributed by atoms with Crippen molar-refractivity contribution in [1.29, 1.82) is 0 Å². The Hall–Kier alpha value is -0.860. The van der Waals surface area contributed by atoms with Gasteiger partial charge in [0, 0.05) is 13.1 Å². The lowest BCUT2D eigenvalue weighted by atomic mass is 9.70. The lowest BCUT2D eigenvalue weighted by Gasteiger charge is -2.39. The fraction of sp³-hybridized carbons (Fsp3) is 0.600. The summed E-state index contributed by atoms with van der Waals surface area (Å²) >= 11 is 0. The van der Waals surface area contributed by atoms with E-state index in [1.165, 1.54) is 24.8 Å². The number of hydrogen-bond donors (Lipinski definition) is 2. The molecule has 2 heteroatoms. The zero-order chi connectivity index (χ0) is 12.4. The van der Waals surface area contributed by atoms with Crippen molar-refractivity contribution in [1.82, 2.24) is 5.32 Å². The van der Waals surface area contributed by atoms with Gasteiger partial charge < -0.3 is 11.1 Å². The molecule has 0 bridgehead atoms. The third-order valence-electron chi connectivity index (χ3n) is 4.04. The second-order valence-electron chi connectivity index (χ2n) is 6.05. The molecule has 1 atom stereocenters. The highest BCUT2D eigenvalue weighted by Crippen LogP contribution is 2.39. The summed E-state index contributed by atoms with van der Waals surface area (Å²) in [5.74, 6) is 0. The van der Waals surface area contributed by atoms with Crippen molar-refractivity contribution in [2.24, 2.45) is 11.1 Å². The van der Waals surface area contributed by atoms with E-state index in [9.17, 15) is 0 Å². The Labute approximate surface area is 105 Å². The maximum Gasteiger partial charge on any atom is 0.0507 e. The molecule has 1 aromatic rings. The number of nitrogens with one attached hydrogen (secondary N) is 1. The molecule has 1 saturated carbocycles. The van der Waals surface area contributed by atoms with Gasteiger partial charge in [-0.25, -0.2) is 0 Å². The molecular formula is C15H24N2. The van der Waals surface area contributed by atoms with Crippen molar-refractivity contribution in [2.45, 2.75) is 38.6 Å². The Morgan fingerprint density at radius 3 is 2.47 bits per heavy atom. The van der Waals surface area contributed by atoms with Gasteiger partial charge in [0.15, 0.2) is 0 Å². The number of rotatable bonds is 5. The minimum atomic E-state index is -0.276. The van der Waals surface area contributed by atoms with Crippen LogP contribution in [0.5, 0.6) is 0 Å². The summed E-state index contributed by atoms with van der Waals surface area (Å²) < 4.78 is 0. The number of nitrogens with two attached hydrogens (primary N) is 1. The van der Waals surface area contributed by atoms with Gasteiger partial charge >= 0.3 is 0 Å². The van der Waals surface area contributed by atoms with Crippen LogP contribution in [0.2, 0.25) is 0 Å². The minimum Gasteiger partial charge on any atom is -0.321 e. The van der Waals surface area contributed by atoms with Gasteiger partial charge in [-0.2, -0.15) is 0 Å². The molecule has 0 radical (unpaired) electrons. The molecule has 2 rings (SSSR count). The molecule has 17 heavy (non-hydrogen) atoms. The van der Waals surface area contributed by atoms with E-state index in [4.69, 9.17) is 5.73 Å². The zero-order valence-electron chi connectivity index (χ0n) is 11.0. The van der Waals surface area contributed by atoms with Crippen LogP contribution in [-0.2, 0) is 5.54 Å². The standard InChI is InChI=1S/C15H24N2/c1-14(9-6-10-14)11-17-12-15(2,16)13-7-4-3-5-8-13/h3-5,7-8,17H,6,9-12,16H2,1-2H3. The molecule has 0 aromatic heterocycles. The van der Waals surface area contributed by atoms with Crippen LogP contribution in [-0.4, -0.2) is 13.1 Å². The Morgan fingerprint density at radius 1 is 1.29 bits per heavy atom. The van der Waals surface area contributed by atoms with Crippen molar-refractivity contribution in [3.63, 3.8) is 0 Å². The molecule has 94 valence electrons. The summed E-state index contributed by atoms with van der Waals surface area (Å²) in [5.41, 5.74) is 7.81. The van der Waals surface area contributed by atoms with Crippen LogP contribution < -0.4 is 11.1 Å². The van der Waals surface area contributed by atoms with E-state index in [0.717, 1.165) is 13.1 Å². The normalized spacial score (nSPS) is 21.6. The molecular weight excluding hydrogens is 208 g/mol. The van der Waals surface area contributed by atoms with E-state index < -0.39 is 0 Å². The van der Waals surface area contributed by atoms with Crippen molar-refractivity contribution in [3.8, 4) is 0 Å². The maximum absolute atomic E-state index is 6.36. The molecule has 1 aromatic carbocycles. The summed E-state index contributed by atoms with van der Waals surface area (Å²) in [4.78, 5) is 0. The molecule has 0 heterocycles. The third kappa shape index (κ3) is 3.08. The molecule has 0 amide bonds. The summed E-state index contributed by atoms with van der Waals surface area (Å²) in [5, 5.41) is 3.54. The molecule has 2 nitrogen and oxygen atoms in total. The fourth-order valence-corrected chi connectivity index (χ4v) is 2.50. The third-order valence-corrected chi connectivity index (χ3v) is 4.04. The van der Waals surface area contributed by atoms with Crippen LogP contribution >= 0.6 is 0 Å². The van der Waals surface area contributed by atoms with Gasteiger partial charge in [0.2, 0.25) is 0 Å². The lowest BCUT2D eigenvalue weighted by molar-refractivity contribution is 0.153. The predicted molar refractivity (Wildman–Crippen MR) is 72.8 cm³/mol. The summed E-state index contributed by atoms with van der Waals surface area (Å²) in [7, 11) is 0. The molecule has 0 aliphatic heterocycles. The minimum absolute atomic E-state index is 0.276. The Bertz CT molecular complexity index is 352. The Balaban J connectivity index is 1.85. The average Bonchev–Trinajstić information content (AvgIpc) is 2.28. The summed E-state index contributed by atoms with van der Waals surface area (Å²) in [6.07, 6.45) is 4.09. The molecule has 3 N–H and O–H groups in total. The van der Waals surface area contributed by atoms with Crippen LogP contribution in [0.25, 0.3) is 0 Å². The number of benzene rings is 1. The second kappa shape index (κ2) is 4.79. The van der Waals surface area contributed by atoms with E-state index in [-0.39, 0.29) is 5.54 Å². The average molecular weight is 232 g/mol. The smallest absolute Gasteiger partial charge is 0.0507 e. The first-order chi connectivity index (χ1) is 8.02. The van der Waals surface area contributed by atoms with E-state index >= 15 is 0 Å². The number of hydrogen-bond acceptors (Lipinski definition) is 2. The highest BCUT2D eigenvalue weighted by Gasteiger charge is 2.32. The van der Waals surface area contributed by atoms with E-state index in [1.807, 2.05) is 18.2 Å². The highest BCUT2D eigenvalue weighted by atomic mass is 14.9. The van der Waals surface area contributed by atoms with Crippen LogP contribution in [0.1, 0.15) is 38.7 Å². The Morgan fingerprint density at radius 2 is 1.94 bits per heavy atom. The highest BCUT2D eigenvalue weighted by molar-refractivity contribution is 5.23. The molecule has 1 aliphatic carbocycles. The summed E-state index contributed by atoms with van der Waals surface area (Å²) in [6.45, 7) is 6.39. The van der Waals surface area contributed by atoms with Crippen molar-refractivity contribution in [2.75, 3.05) is 13.1 Å². The van der Waals surface area contributed by atoms with E-state index in [0.29, 0.717) is 5.41 Å². The SMILES string of the molecule is CC1(CNCC(C)(N)c2ccccc2)CCC1. The van der Waals surface area contributed by atoms with Crippen LogP contribution in [0.15, 0.2) is 30.3 Å². The molecule has 1 fully saturated rings. The zero-order valence-corrected chi connectivity index (χ0v) is 11.0. The largest absolute Gasteiger partial charge is 0.321 e. The van der Waals surface area contributed by atoms with Crippen LogP contribution in [0, 0.1) is 5.41 Å². The topological polar surface area (TPSA) is 38.0 Å². The van der Waals surface area contributed by atoms with Crippen LogP contribution in [0.3, 0.4) is 0 Å². The molecule has 1 aliphatic rings. The first kappa shape index (κ1) is 12.6. The first-order valence-corrected chi connectivity index (χ1v) is 6.57. The van der Waals surface area contributed by atoms with Gasteiger partial charge in [-0.05, 0) is 30.7 Å². The van der Waals surface area contributed by atoms with Gasteiger partial charge in [-0.15, -0.1) is 0 Å². The quantitative estimate of drug-likeness (QED) is 0.819. The lowest BCUT2D eigenvalue weighted by Crippen LogP contribution is -2.47. The van der Waals surface area contributed by atoms with Gasteiger partial charge in [0.1, 0.15) is 0 Å². The van der Waals surface area contributed by atoms with Gasteiger partial charge in [-0.1, -0.05) is 43.7 Å². The second-order valence-corrected chi connectivity index (χ2v) is 6.05. The molecule has 0 spiro atoms. The van der Waals surface area contributed by atoms with E-state index in [1.54, 1.807) is 0 Å². The molecule has 0 saturated heterocycles. The van der Waals surface area contributed by atoms with Gasteiger partial charge in [0.05, 0.1) is 5.54 Å². The van der Waals surface area contributed by atoms with Gasteiger partial charge in [-0.3, -0.25) is 0 Å². The predicted octanol–water partition coefficient (Wildman–Crippen LogP) is 2.64. The van der Waals surface area contributed by atoms with E-state index in [2.05, 4.69) is 31.3 Å². The fourth-order valence-electron chi connectivity index (χ4n) is 2.50. The summed E-state index contributed by atoms with van der Waals surface area (Å²) in [6, 6.07) is 10.3. The van der Waals surface area contributed by atoms with Crippen LogP contribution in [0.4, 0.5) is 0 Å². The maximum atomic E-state index is 6.36. The molecule has 1 unspecified atom stereocenters. The van der Waals surface area contributed by atoms with Crippen molar-refractivity contribution < 1.29 is 0 Å². The Kier molecular flexibility index (Phi) is 3.55. The van der Waals surface area contributed by atoms with Gasteiger partial charge in [0.25, 0.3) is 0 Å².